The fraction of sp³-hybridized carbons (Fsp3) is 0.450. The van der Waals surface area contributed by atoms with Crippen LogP contribution < -0.4 is 0 Å². The molecule has 3 nitrogen and oxygen atoms in total. The van der Waals surface area contributed by atoms with Gasteiger partial charge in [-0.2, -0.15) is 0 Å². The predicted molar refractivity (Wildman–Crippen MR) is 102 cm³/mol. The highest BCUT2D eigenvalue weighted by Crippen LogP contribution is 2.25. The van der Waals surface area contributed by atoms with Crippen LogP contribution in [-0.2, 0) is 0 Å². The molecule has 1 aromatic carbocycles. The minimum Gasteiger partial charge on any atom is -0.340 e. The Morgan fingerprint density at radius 1 is 1.25 bits per heavy atom. The van der Waals surface area contributed by atoms with Crippen molar-refractivity contribution >= 4 is 17.2 Å². The fourth-order valence-electron chi connectivity index (χ4n) is 3.39. The minimum atomic E-state index is 0.113. The van der Waals surface area contributed by atoms with E-state index in [1.165, 1.54) is 35.3 Å². The Labute approximate surface area is 148 Å². The van der Waals surface area contributed by atoms with Crippen LogP contribution >= 0.6 is 11.3 Å². The van der Waals surface area contributed by atoms with Crippen LogP contribution in [0.25, 0.3) is 11.1 Å². The number of likely N-dealkylation sites (N-methyl/N-ethyl adjacent to an activating group) is 2. The van der Waals surface area contributed by atoms with Crippen LogP contribution in [0.2, 0.25) is 0 Å². The maximum Gasteiger partial charge on any atom is 0.253 e. The van der Waals surface area contributed by atoms with Crippen LogP contribution in [0.4, 0.5) is 0 Å². The normalized spacial score (nSPS) is 18.5. The van der Waals surface area contributed by atoms with Crippen molar-refractivity contribution in [1.29, 1.82) is 0 Å². The van der Waals surface area contributed by atoms with Crippen LogP contribution in [0.5, 0.6) is 0 Å². The van der Waals surface area contributed by atoms with Crippen molar-refractivity contribution in [2.45, 2.75) is 32.2 Å². The second-order valence-electron chi connectivity index (χ2n) is 6.84. The lowest BCUT2D eigenvalue weighted by Gasteiger charge is -2.35. The third-order valence-electron chi connectivity index (χ3n) is 4.95. The molecule has 1 amide bonds. The van der Waals surface area contributed by atoms with Gasteiger partial charge in [0.2, 0.25) is 0 Å². The van der Waals surface area contributed by atoms with Crippen LogP contribution in [0.1, 0.15) is 34.5 Å². The molecule has 1 saturated heterocycles. The third-order valence-corrected chi connectivity index (χ3v) is 5.81. The molecule has 0 aliphatic carbocycles. The van der Waals surface area contributed by atoms with E-state index < -0.39 is 0 Å². The van der Waals surface area contributed by atoms with Gasteiger partial charge in [0, 0.05) is 30.1 Å². The summed E-state index contributed by atoms with van der Waals surface area (Å²) in [5.74, 6) is 0.113. The molecule has 0 saturated carbocycles. The number of hydrogen-bond acceptors (Lipinski definition) is 3. The van der Waals surface area contributed by atoms with E-state index >= 15 is 0 Å². The second kappa shape index (κ2) is 7.49. The van der Waals surface area contributed by atoms with Crippen molar-refractivity contribution in [3.63, 3.8) is 0 Å². The number of hydrogen-bond donors (Lipinski definition) is 0. The number of nitrogens with zero attached hydrogens (tertiary/aromatic N) is 2. The first-order valence-electron chi connectivity index (χ1n) is 8.66. The predicted octanol–water partition coefficient (Wildman–Crippen LogP) is 4.28. The molecule has 1 aliphatic rings. The summed E-state index contributed by atoms with van der Waals surface area (Å²) in [7, 11) is 4.08. The monoisotopic (exact) mass is 342 g/mol. The van der Waals surface area contributed by atoms with Gasteiger partial charge in [0.25, 0.3) is 5.91 Å². The van der Waals surface area contributed by atoms with Crippen molar-refractivity contribution in [3.05, 3.63) is 46.2 Å². The summed E-state index contributed by atoms with van der Waals surface area (Å²) in [6.07, 6.45) is 3.73. The van der Waals surface area contributed by atoms with Crippen molar-refractivity contribution in [2.75, 3.05) is 27.2 Å². The van der Waals surface area contributed by atoms with E-state index in [-0.39, 0.29) is 5.91 Å². The lowest BCUT2D eigenvalue weighted by molar-refractivity contribution is 0.0717. The van der Waals surface area contributed by atoms with Crippen LogP contribution in [0, 0.1) is 6.92 Å². The Kier molecular flexibility index (Phi) is 5.36. The quantitative estimate of drug-likeness (QED) is 0.828. The first-order valence-corrected chi connectivity index (χ1v) is 9.54. The molecule has 2 aromatic rings. The number of carbonyl (C=O) groups excluding carboxylic acids is 1. The van der Waals surface area contributed by atoms with Gasteiger partial charge in [0.15, 0.2) is 0 Å². The number of likely N-dealkylation sites (tertiary alicyclic amines) is 1. The van der Waals surface area contributed by atoms with Gasteiger partial charge in [-0.3, -0.25) is 4.79 Å². The van der Waals surface area contributed by atoms with E-state index in [0.717, 1.165) is 18.7 Å². The number of rotatable bonds is 4. The van der Waals surface area contributed by atoms with E-state index in [4.69, 9.17) is 0 Å². The Morgan fingerprint density at radius 2 is 2.00 bits per heavy atom. The molecule has 2 heterocycles. The number of thiophene rings is 1. The Morgan fingerprint density at radius 3 is 2.62 bits per heavy atom. The fourth-order valence-corrected chi connectivity index (χ4v) is 4.11. The third kappa shape index (κ3) is 3.87. The molecule has 1 fully saturated rings. The lowest BCUT2D eigenvalue weighted by atomic mass is 10.0. The van der Waals surface area contributed by atoms with Crippen LogP contribution in [0.3, 0.4) is 0 Å². The van der Waals surface area contributed by atoms with Crippen molar-refractivity contribution < 1.29 is 4.79 Å². The summed E-state index contributed by atoms with van der Waals surface area (Å²) in [4.78, 5) is 18.2. The summed E-state index contributed by atoms with van der Waals surface area (Å²) < 4.78 is 0. The molecular formula is C20H26N2OS. The summed E-state index contributed by atoms with van der Waals surface area (Å²) in [5, 5.41) is 2.16. The van der Waals surface area contributed by atoms with E-state index in [9.17, 15) is 4.79 Å². The first-order chi connectivity index (χ1) is 11.5. The van der Waals surface area contributed by atoms with Gasteiger partial charge in [-0.05, 0) is 68.1 Å². The van der Waals surface area contributed by atoms with E-state index in [1.807, 2.05) is 24.1 Å². The average molecular weight is 343 g/mol. The molecule has 0 spiro atoms. The van der Waals surface area contributed by atoms with Gasteiger partial charge in [-0.25, -0.2) is 0 Å². The number of aryl methyl sites for hydroxylation is 1. The molecule has 1 atom stereocenters. The minimum absolute atomic E-state index is 0.113. The SMILES string of the molecule is Cc1cc(-c2ccc(C(=O)N(C)CC3CCCCN3C)cc2)cs1. The number of benzene rings is 1. The highest BCUT2D eigenvalue weighted by Gasteiger charge is 2.22. The van der Waals surface area contributed by atoms with Gasteiger partial charge in [-0.15, -0.1) is 11.3 Å². The molecule has 0 bridgehead atoms. The van der Waals surface area contributed by atoms with Gasteiger partial charge < -0.3 is 9.80 Å². The van der Waals surface area contributed by atoms with Crippen molar-refractivity contribution in [1.82, 2.24) is 9.80 Å². The smallest absolute Gasteiger partial charge is 0.253 e. The maximum absolute atomic E-state index is 12.7. The van der Waals surface area contributed by atoms with Crippen molar-refractivity contribution in [3.8, 4) is 11.1 Å². The van der Waals surface area contributed by atoms with Gasteiger partial charge in [-0.1, -0.05) is 18.6 Å². The topological polar surface area (TPSA) is 23.6 Å². The molecule has 3 rings (SSSR count). The van der Waals surface area contributed by atoms with Crippen LogP contribution in [0.15, 0.2) is 35.7 Å². The highest BCUT2D eigenvalue weighted by atomic mass is 32.1. The van der Waals surface area contributed by atoms with E-state index in [1.54, 1.807) is 11.3 Å². The summed E-state index contributed by atoms with van der Waals surface area (Å²) in [6.45, 7) is 4.06. The largest absolute Gasteiger partial charge is 0.340 e. The van der Waals surface area contributed by atoms with E-state index in [0.29, 0.717) is 6.04 Å². The Balaban J connectivity index is 1.65. The molecule has 0 N–H and O–H groups in total. The zero-order valence-corrected chi connectivity index (χ0v) is 15.6. The summed E-state index contributed by atoms with van der Waals surface area (Å²) in [6, 6.07) is 10.7. The number of carbonyl (C=O) groups is 1. The van der Waals surface area contributed by atoms with Crippen molar-refractivity contribution in [2.24, 2.45) is 0 Å². The molecule has 128 valence electrons. The van der Waals surface area contributed by atoms with E-state index in [2.05, 4.69) is 42.5 Å². The summed E-state index contributed by atoms with van der Waals surface area (Å²) >= 11 is 1.75. The molecule has 1 aliphatic heterocycles. The molecular weight excluding hydrogens is 316 g/mol. The van der Waals surface area contributed by atoms with Crippen LogP contribution in [-0.4, -0.2) is 48.9 Å². The molecule has 1 unspecified atom stereocenters. The summed E-state index contributed by atoms with van der Waals surface area (Å²) in [5.41, 5.74) is 3.17. The highest BCUT2D eigenvalue weighted by molar-refractivity contribution is 7.10. The Hall–Kier alpha value is -1.65. The first kappa shape index (κ1) is 17.2. The number of amides is 1. The average Bonchev–Trinajstić information content (AvgIpc) is 3.03. The maximum atomic E-state index is 12.7. The lowest BCUT2D eigenvalue weighted by Crippen LogP contribution is -2.45. The molecule has 0 radical (unpaired) electrons. The molecule has 24 heavy (non-hydrogen) atoms. The molecule has 1 aromatic heterocycles. The second-order valence-corrected chi connectivity index (χ2v) is 7.95. The van der Waals surface area contributed by atoms with Gasteiger partial charge >= 0.3 is 0 Å². The van der Waals surface area contributed by atoms with Gasteiger partial charge in [0.05, 0.1) is 0 Å². The Bertz CT molecular complexity index is 692. The van der Waals surface area contributed by atoms with Gasteiger partial charge in [0.1, 0.15) is 0 Å². The molecule has 4 heteroatoms. The standard InChI is InChI=1S/C20H26N2OS/c1-15-12-18(14-24-15)16-7-9-17(10-8-16)20(23)22(3)13-19-6-4-5-11-21(19)2/h7-10,12,14,19H,4-6,11,13H2,1-3H3. The number of piperidine rings is 1. The zero-order valence-electron chi connectivity index (χ0n) is 14.8. The zero-order chi connectivity index (χ0) is 17.1.